The van der Waals surface area contributed by atoms with Crippen LogP contribution in [-0.2, 0) is 0 Å². The number of allylic oxidation sites excluding steroid dienone is 2. The highest BCUT2D eigenvalue weighted by Crippen LogP contribution is 2.32. The monoisotopic (exact) mass is 341 g/mol. The highest BCUT2D eigenvalue weighted by Gasteiger charge is 2.18. The molecule has 2 N–H and O–H groups in total. The smallest absolute Gasteiger partial charge is 0.223 e. The van der Waals surface area contributed by atoms with Crippen LogP contribution in [0.1, 0.15) is 57.6 Å². The topological polar surface area (TPSA) is 73.6 Å². The molecule has 1 saturated carbocycles. The fraction of sp³-hybridized carbons (Fsp3) is 0.500. The number of nitriles is 1. The van der Waals surface area contributed by atoms with Crippen LogP contribution in [-0.4, -0.2) is 16.0 Å². The van der Waals surface area contributed by atoms with Crippen molar-refractivity contribution in [1.82, 2.24) is 15.3 Å². The van der Waals surface area contributed by atoms with E-state index in [1.807, 2.05) is 0 Å². The second-order valence-corrected chi connectivity index (χ2v) is 7.08. The summed E-state index contributed by atoms with van der Waals surface area (Å²) in [6.07, 6.45) is 9.98. The molecule has 0 bridgehead atoms. The van der Waals surface area contributed by atoms with Crippen LogP contribution in [0.5, 0.6) is 0 Å². The molecule has 0 unspecified atom stereocenters. The van der Waals surface area contributed by atoms with Crippen molar-refractivity contribution in [1.29, 1.82) is 5.26 Å². The quantitative estimate of drug-likeness (QED) is 0.774. The summed E-state index contributed by atoms with van der Waals surface area (Å²) in [5.41, 5.74) is 2.42. The Morgan fingerprint density at radius 3 is 3.00 bits per heavy atom. The van der Waals surface area contributed by atoms with Crippen LogP contribution >= 0.6 is 11.8 Å². The van der Waals surface area contributed by atoms with Crippen molar-refractivity contribution in [2.24, 2.45) is 0 Å². The molecule has 1 fully saturated rings. The lowest BCUT2D eigenvalue weighted by molar-refractivity contribution is 0.461. The van der Waals surface area contributed by atoms with Gasteiger partial charge in [-0.3, -0.25) is 0 Å². The van der Waals surface area contributed by atoms with E-state index in [1.54, 1.807) is 24.0 Å². The van der Waals surface area contributed by atoms with E-state index in [2.05, 4.69) is 39.0 Å². The van der Waals surface area contributed by atoms with Crippen molar-refractivity contribution in [3.05, 3.63) is 34.1 Å². The highest BCUT2D eigenvalue weighted by molar-refractivity contribution is 8.06. The predicted octanol–water partition coefficient (Wildman–Crippen LogP) is 4.39. The van der Waals surface area contributed by atoms with Gasteiger partial charge < -0.3 is 10.6 Å². The van der Waals surface area contributed by atoms with Gasteiger partial charge in [0, 0.05) is 17.9 Å². The van der Waals surface area contributed by atoms with E-state index >= 15 is 0 Å². The van der Waals surface area contributed by atoms with Crippen LogP contribution < -0.4 is 10.6 Å². The van der Waals surface area contributed by atoms with Crippen LogP contribution in [0.4, 0.5) is 5.95 Å². The largest absolute Gasteiger partial charge is 0.352 e. The molecular formula is C18H23N5S. The van der Waals surface area contributed by atoms with Crippen molar-refractivity contribution >= 4 is 23.3 Å². The summed E-state index contributed by atoms with van der Waals surface area (Å²) in [7, 11) is 0. The zero-order valence-corrected chi connectivity index (χ0v) is 14.8. The maximum Gasteiger partial charge on any atom is 0.223 e. The summed E-state index contributed by atoms with van der Waals surface area (Å²) in [4.78, 5) is 8.90. The average Bonchev–Trinajstić information content (AvgIpc) is 3.06. The number of hydrogen-bond donors (Lipinski definition) is 2. The molecule has 126 valence electrons. The van der Waals surface area contributed by atoms with E-state index in [1.165, 1.54) is 37.8 Å². The molecule has 24 heavy (non-hydrogen) atoms. The fourth-order valence-corrected chi connectivity index (χ4v) is 3.96. The number of hydrogen-bond acceptors (Lipinski definition) is 6. The molecule has 0 amide bonds. The highest BCUT2D eigenvalue weighted by atomic mass is 32.2. The summed E-state index contributed by atoms with van der Waals surface area (Å²) in [5.74, 6) is 0.623. The van der Waals surface area contributed by atoms with E-state index in [0.29, 0.717) is 23.3 Å². The summed E-state index contributed by atoms with van der Waals surface area (Å²) in [6.45, 7) is 2.15. The van der Waals surface area contributed by atoms with E-state index in [9.17, 15) is 5.26 Å². The van der Waals surface area contributed by atoms with E-state index in [-0.39, 0.29) is 0 Å². The standard InChI is InChI=1S/C18H23N5S/c1-2-6-14-12-24-17(21-14)15(11-19)16-9-10-20-18(23-16)22-13-7-4-3-5-8-13/h9-10,12-13,21H,2-8H2,1H3,(H,20,22,23)/b17-15-. The first-order valence-electron chi connectivity index (χ1n) is 8.67. The molecule has 0 saturated heterocycles. The Bertz CT molecular complexity index is 683. The number of aromatic nitrogens is 2. The Balaban J connectivity index is 1.76. The summed E-state index contributed by atoms with van der Waals surface area (Å²) in [5, 5.41) is 19.3. The molecule has 6 heteroatoms. The third-order valence-electron chi connectivity index (χ3n) is 4.30. The summed E-state index contributed by atoms with van der Waals surface area (Å²) < 4.78 is 0. The van der Waals surface area contributed by atoms with Gasteiger partial charge in [0.25, 0.3) is 0 Å². The SMILES string of the molecule is CCCC1=CS/C(=C(/C#N)c2ccnc(NC3CCCCC3)n2)N1. The number of thioether (sulfide) groups is 1. The van der Waals surface area contributed by atoms with Gasteiger partial charge in [-0.15, -0.1) is 0 Å². The zero-order chi connectivity index (χ0) is 16.8. The molecule has 1 aromatic rings. The minimum absolute atomic E-state index is 0.448. The number of nitrogens with zero attached hydrogens (tertiary/aromatic N) is 3. The van der Waals surface area contributed by atoms with E-state index in [0.717, 1.165) is 17.9 Å². The van der Waals surface area contributed by atoms with Crippen molar-refractivity contribution in [2.75, 3.05) is 5.32 Å². The molecule has 0 spiro atoms. The molecule has 0 aromatic carbocycles. The lowest BCUT2D eigenvalue weighted by Gasteiger charge is -2.22. The molecule has 1 aromatic heterocycles. The molecule has 2 aliphatic rings. The van der Waals surface area contributed by atoms with Crippen LogP contribution in [0.2, 0.25) is 0 Å². The second-order valence-electron chi connectivity index (χ2n) is 6.20. The number of nitrogens with one attached hydrogen (secondary N) is 2. The van der Waals surface area contributed by atoms with Gasteiger partial charge >= 0.3 is 0 Å². The van der Waals surface area contributed by atoms with Gasteiger partial charge in [0.2, 0.25) is 5.95 Å². The van der Waals surface area contributed by atoms with Crippen molar-refractivity contribution in [3.8, 4) is 6.07 Å². The minimum Gasteiger partial charge on any atom is -0.352 e. The van der Waals surface area contributed by atoms with Crippen molar-refractivity contribution in [2.45, 2.75) is 57.9 Å². The van der Waals surface area contributed by atoms with Gasteiger partial charge in [0.15, 0.2) is 0 Å². The normalized spacial score (nSPS) is 20.1. The summed E-state index contributed by atoms with van der Waals surface area (Å²) in [6, 6.07) is 4.55. The van der Waals surface area contributed by atoms with Crippen LogP contribution in [0, 0.1) is 11.3 Å². The summed E-state index contributed by atoms with van der Waals surface area (Å²) >= 11 is 1.56. The molecule has 0 radical (unpaired) electrons. The van der Waals surface area contributed by atoms with Crippen molar-refractivity contribution in [3.63, 3.8) is 0 Å². The minimum atomic E-state index is 0.448. The third-order valence-corrected chi connectivity index (χ3v) is 5.25. The average molecular weight is 341 g/mol. The molecule has 5 nitrogen and oxygen atoms in total. The van der Waals surface area contributed by atoms with Gasteiger partial charge in [0.05, 0.1) is 10.7 Å². The van der Waals surface area contributed by atoms with E-state index in [4.69, 9.17) is 0 Å². The fourth-order valence-electron chi connectivity index (χ4n) is 3.07. The molecule has 1 aliphatic carbocycles. The Morgan fingerprint density at radius 2 is 2.25 bits per heavy atom. The van der Waals surface area contributed by atoms with Gasteiger partial charge in [-0.25, -0.2) is 9.97 Å². The Labute approximate surface area is 147 Å². The first-order chi connectivity index (χ1) is 11.8. The third kappa shape index (κ3) is 4.09. The van der Waals surface area contributed by atoms with Crippen LogP contribution in [0.25, 0.3) is 5.57 Å². The Hall–Kier alpha value is -2.00. The zero-order valence-electron chi connectivity index (χ0n) is 14.0. The number of anilines is 1. The molecular weight excluding hydrogens is 318 g/mol. The molecule has 0 atom stereocenters. The van der Waals surface area contributed by atoms with Gasteiger partial charge in [-0.05, 0) is 30.7 Å². The van der Waals surface area contributed by atoms with Crippen LogP contribution in [0.3, 0.4) is 0 Å². The van der Waals surface area contributed by atoms with Crippen LogP contribution in [0.15, 0.2) is 28.4 Å². The van der Waals surface area contributed by atoms with Gasteiger partial charge in [0.1, 0.15) is 11.6 Å². The number of rotatable bonds is 5. The first kappa shape index (κ1) is 16.8. The van der Waals surface area contributed by atoms with Gasteiger partial charge in [-0.1, -0.05) is 44.4 Å². The first-order valence-corrected chi connectivity index (χ1v) is 9.55. The lowest BCUT2D eigenvalue weighted by Crippen LogP contribution is -2.23. The molecule has 2 heterocycles. The maximum atomic E-state index is 9.60. The lowest BCUT2D eigenvalue weighted by atomic mass is 9.96. The molecule has 1 aliphatic heterocycles. The second kappa shape index (κ2) is 8.20. The van der Waals surface area contributed by atoms with Crippen molar-refractivity contribution < 1.29 is 0 Å². The predicted molar refractivity (Wildman–Crippen MR) is 98.8 cm³/mol. The van der Waals surface area contributed by atoms with Gasteiger partial charge in [-0.2, -0.15) is 5.26 Å². The van der Waals surface area contributed by atoms with E-state index < -0.39 is 0 Å². The Morgan fingerprint density at radius 1 is 1.42 bits per heavy atom. The maximum absolute atomic E-state index is 9.60. The Kier molecular flexibility index (Phi) is 5.76. The molecule has 3 rings (SSSR count).